The van der Waals surface area contributed by atoms with Crippen LogP contribution in [-0.2, 0) is 21.2 Å². The van der Waals surface area contributed by atoms with Crippen molar-refractivity contribution in [1.29, 1.82) is 0 Å². The van der Waals surface area contributed by atoms with Gasteiger partial charge in [0.25, 0.3) is 10.0 Å². The average Bonchev–Trinajstić information content (AvgIpc) is 2.56. The Kier molecular flexibility index (Phi) is 4.63. The highest BCUT2D eigenvalue weighted by Crippen LogP contribution is 2.27. The molecule has 0 bridgehead atoms. The van der Waals surface area contributed by atoms with Gasteiger partial charge in [0.1, 0.15) is 0 Å². The van der Waals surface area contributed by atoms with Gasteiger partial charge in [-0.05, 0) is 49.2 Å². The third kappa shape index (κ3) is 3.74. The molecular formula is C17H17FN2O4S. The van der Waals surface area contributed by atoms with Crippen LogP contribution in [-0.4, -0.2) is 20.9 Å². The molecule has 1 heterocycles. The Morgan fingerprint density at radius 1 is 1.20 bits per heavy atom. The number of rotatable bonds is 5. The van der Waals surface area contributed by atoms with Crippen molar-refractivity contribution in [3.63, 3.8) is 0 Å². The molecule has 2 aromatic rings. The summed E-state index contributed by atoms with van der Waals surface area (Å²) in [6.07, 6.45) is 0.788. The number of ether oxygens (including phenoxy) is 1. The molecule has 0 spiro atoms. The van der Waals surface area contributed by atoms with Gasteiger partial charge < -0.3 is 10.1 Å². The Hall–Kier alpha value is -2.61. The van der Waals surface area contributed by atoms with Crippen molar-refractivity contribution < 1.29 is 22.3 Å². The fraction of sp³-hybridized carbons (Fsp3) is 0.235. The first-order valence-electron chi connectivity index (χ1n) is 7.77. The summed E-state index contributed by atoms with van der Waals surface area (Å²) in [7, 11) is -3.87. The summed E-state index contributed by atoms with van der Waals surface area (Å²) in [5, 5.41) is 2.70. The molecule has 2 N–H and O–H groups in total. The average molecular weight is 364 g/mol. The molecule has 0 saturated heterocycles. The number of anilines is 2. The third-order valence-corrected chi connectivity index (χ3v) is 5.15. The van der Waals surface area contributed by atoms with Crippen LogP contribution in [0.3, 0.4) is 0 Å². The lowest BCUT2D eigenvalue weighted by atomic mass is 10.0. The van der Waals surface area contributed by atoms with Gasteiger partial charge in [-0.25, -0.2) is 12.8 Å². The van der Waals surface area contributed by atoms with E-state index in [-0.39, 0.29) is 22.2 Å². The topological polar surface area (TPSA) is 84.5 Å². The van der Waals surface area contributed by atoms with E-state index < -0.39 is 15.8 Å². The molecule has 0 radical (unpaired) electrons. The van der Waals surface area contributed by atoms with E-state index in [0.29, 0.717) is 25.1 Å². The molecule has 0 unspecified atom stereocenters. The second-order valence-corrected chi connectivity index (χ2v) is 7.23. The summed E-state index contributed by atoms with van der Waals surface area (Å²) >= 11 is 0. The SMILES string of the molecule is CCOc1ccc(NS(=O)(=O)c2ccc3c(c2)CCC(=O)N3)cc1F. The highest BCUT2D eigenvalue weighted by Gasteiger charge is 2.20. The molecule has 132 valence electrons. The van der Waals surface area contributed by atoms with E-state index in [9.17, 15) is 17.6 Å². The maximum Gasteiger partial charge on any atom is 0.261 e. The molecule has 2 aromatic carbocycles. The Morgan fingerprint density at radius 3 is 2.72 bits per heavy atom. The minimum absolute atomic E-state index is 0.0525. The molecule has 3 rings (SSSR count). The van der Waals surface area contributed by atoms with Gasteiger partial charge in [0.05, 0.1) is 17.2 Å². The highest BCUT2D eigenvalue weighted by atomic mass is 32.2. The molecule has 0 atom stereocenters. The molecule has 8 heteroatoms. The molecule has 0 fully saturated rings. The van der Waals surface area contributed by atoms with E-state index in [2.05, 4.69) is 10.0 Å². The van der Waals surface area contributed by atoms with Gasteiger partial charge in [0.15, 0.2) is 11.6 Å². The minimum Gasteiger partial charge on any atom is -0.491 e. The molecule has 0 aliphatic carbocycles. The monoisotopic (exact) mass is 364 g/mol. The minimum atomic E-state index is -3.87. The number of hydrogen-bond acceptors (Lipinski definition) is 4. The van der Waals surface area contributed by atoms with Gasteiger partial charge in [-0.1, -0.05) is 0 Å². The molecule has 25 heavy (non-hydrogen) atoms. The predicted molar refractivity (Wildman–Crippen MR) is 91.8 cm³/mol. The van der Waals surface area contributed by atoms with E-state index in [1.165, 1.54) is 24.3 Å². The van der Waals surface area contributed by atoms with Crippen LogP contribution >= 0.6 is 0 Å². The van der Waals surface area contributed by atoms with E-state index in [4.69, 9.17) is 4.74 Å². The van der Waals surface area contributed by atoms with Crippen molar-refractivity contribution in [3.8, 4) is 5.75 Å². The second kappa shape index (κ2) is 6.72. The summed E-state index contributed by atoms with van der Waals surface area (Å²) in [6.45, 7) is 2.04. The number of aryl methyl sites for hydroxylation is 1. The quantitative estimate of drug-likeness (QED) is 0.854. The van der Waals surface area contributed by atoms with E-state index in [1.54, 1.807) is 13.0 Å². The predicted octanol–water partition coefficient (Wildman–Crippen LogP) is 2.91. The van der Waals surface area contributed by atoms with Crippen LogP contribution < -0.4 is 14.8 Å². The Bertz CT molecular complexity index is 928. The Labute approximate surface area is 145 Å². The zero-order chi connectivity index (χ0) is 18.0. The van der Waals surface area contributed by atoms with Crippen molar-refractivity contribution in [2.45, 2.75) is 24.7 Å². The van der Waals surface area contributed by atoms with Crippen molar-refractivity contribution >= 4 is 27.3 Å². The molecule has 1 amide bonds. The van der Waals surface area contributed by atoms with Gasteiger partial charge in [-0.3, -0.25) is 9.52 Å². The Morgan fingerprint density at radius 2 is 2.00 bits per heavy atom. The number of nitrogens with one attached hydrogen (secondary N) is 2. The molecule has 0 saturated carbocycles. The number of benzene rings is 2. The van der Waals surface area contributed by atoms with Crippen molar-refractivity contribution in [2.24, 2.45) is 0 Å². The fourth-order valence-corrected chi connectivity index (χ4v) is 3.68. The van der Waals surface area contributed by atoms with Crippen LogP contribution in [0.2, 0.25) is 0 Å². The van der Waals surface area contributed by atoms with Gasteiger partial charge in [-0.15, -0.1) is 0 Å². The van der Waals surface area contributed by atoms with Gasteiger partial charge in [-0.2, -0.15) is 0 Å². The number of sulfonamides is 1. The molecule has 6 nitrogen and oxygen atoms in total. The number of halogens is 1. The van der Waals surface area contributed by atoms with Gasteiger partial charge >= 0.3 is 0 Å². The zero-order valence-corrected chi connectivity index (χ0v) is 14.3. The van der Waals surface area contributed by atoms with Crippen LogP contribution in [0.5, 0.6) is 5.75 Å². The van der Waals surface area contributed by atoms with Crippen LogP contribution in [0.1, 0.15) is 18.9 Å². The third-order valence-electron chi connectivity index (χ3n) is 3.77. The van der Waals surface area contributed by atoms with Crippen LogP contribution in [0.15, 0.2) is 41.3 Å². The first kappa shape index (κ1) is 17.2. The number of fused-ring (bicyclic) bond motifs is 1. The van der Waals surface area contributed by atoms with E-state index in [1.807, 2.05) is 0 Å². The maximum atomic E-state index is 13.9. The Balaban J connectivity index is 1.85. The molecule has 0 aromatic heterocycles. The maximum absolute atomic E-state index is 13.9. The molecule has 1 aliphatic rings. The lowest BCUT2D eigenvalue weighted by Crippen LogP contribution is -2.20. The fourth-order valence-electron chi connectivity index (χ4n) is 2.58. The highest BCUT2D eigenvalue weighted by molar-refractivity contribution is 7.92. The van der Waals surface area contributed by atoms with Crippen LogP contribution in [0.25, 0.3) is 0 Å². The first-order valence-corrected chi connectivity index (χ1v) is 9.25. The van der Waals surface area contributed by atoms with E-state index >= 15 is 0 Å². The summed E-state index contributed by atoms with van der Waals surface area (Å²) in [6, 6.07) is 8.35. The smallest absolute Gasteiger partial charge is 0.261 e. The second-order valence-electron chi connectivity index (χ2n) is 5.55. The number of carbonyl (C=O) groups is 1. The van der Waals surface area contributed by atoms with Gasteiger partial charge in [0.2, 0.25) is 5.91 Å². The van der Waals surface area contributed by atoms with Crippen LogP contribution in [0, 0.1) is 5.82 Å². The lowest BCUT2D eigenvalue weighted by Gasteiger charge is -2.18. The van der Waals surface area contributed by atoms with Crippen molar-refractivity contribution in [2.75, 3.05) is 16.6 Å². The molecule has 1 aliphatic heterocycles. The van der Waals surface area contributed by atoms with Gasteiger partial charge in [0, 0.05) is 18.2 Å². The summed E-state index contributed by atoms with van der Waals surface area (Å²) < 4.78 is 46.4. The van der Waals surface area contributed by atoms with E-state index in [0.717, 1.165) is 11.6 Å². The standard InChI is InChI=1S/C17H17FN2O4S/c1-2-24-16-7-4-12(10-14(16)18)20-25(22,23)13-5-6-15-11(9-13)3-8-17(21)19-15/h4-7,9-10,20H,2-3,8H2,1H3,(H,19,21). The number of hydrogen-bond donors (Lipinski definition) is 2. The summed E-state index contributed by atoms with van der Waals surface area (Å²) in [5.74, 6) is -0.670. The number of amides is 1. The van der Waals surface area contributed by atoms with Crippen molar-refractivity contribution in [3.05, 3.63) is 47.8 Å². The summed E-state index contributed by atoms with van der Waals surface area (Å²) in [4.78, 5) is 11.4. The zero-order valence-electron chi connectivity index (χ0n) is 13.5. The normalized spacial score (nSPS) is 13.8. The lowest BCUT2D eigenvalue weighted by molar-refractivity contribution is -0.116. The number of carbonyl (C=O) groups excluding carboxylic acids is 1. The first-order chi connectivity index (χ1) is 11.9. The largest absolute Gasteiger partial charge is 0.491 e. The summed E-state index contributed by atoms with van der Waals surface area (Å²) in [5.41, 5.74) is 1.47. The van der Waals surface area contributed by atoms with Crippen LogP contribution in [0.4, 0.5) is 15.8 Å². The molecular weight excluding hydrogens is 347 g/mol. The van der Waals surface area contributed by atoms with Crippen molar-refractivity contribution in [1.82, 2.24) is 0 Å².